The summed E-state index contributed by atoms with van der Waals surface area (Å²) >= 11 is 5.79. The lowest BCUT2D eigenvalue weighted by Gasteiger charge is -2.28. The average Bonchev–Trinajstić information content (AvgIpc) is 2.85. The van der Waals surface area contributed by atoms with Crippen LogP contribution in [-0.4, -0.2) is 11.8 Å². The van der Waals surface area contributed by atoms with Crippen molar-refractivity contribution in [1.82, 2.24) is 0 Å². The van der Waals surface area contributed by atoms with Gasteiger partial charge in [-0.25, -0.2) is 0 Å². The van der Waals surface area contributed by atoms with Crippen molar-refractivity contribution in [2.45, 2.75) is 12.6 Å². The van der Waals surface area contributed by atoms with E-state index in [2.05, 4.69) is 102 Å². The number of nitrogens with one attached hydrogen (secondary N) is 1. The highest BCUT2D eigenvalue weighted by Crippen LogP contribution is 2.58. The SMILES string of the molecule is O=C(CCCl)Nc1ccccc1C[P+](c1ccccc1)(c1ccccc1)c1ccccc1.[Br-]. The van der Waals surface area contributed by atoms with Crippen LogP contribution in [0.2, 0.25) is 0 Å². The largest absolute Gasteiger partial charge is 1.00 e. The fraction of sp³-hybridized carbons (Fsp3) is 0.107. The Bertz CT molecular complexity index is 1060. The first-order valence-electron chi connectivity index (χ1n) is 10.7. The highest BCUT2D eigenvalue weighted by molar-refractivity contribution is 7.95. The predicted molar refractivity (Wildman–Crippen MR) is 139 cm³/mol. The number of amides is 1. The topological polar surface area (TPSA) is 29.1 Å². The molecule has 4 aromatic carbocycles. The number of rotatable bonds is 8. The Hall–Kier alpha value is -2.45. The molecule has 4 aromatic rings. The van der Waals surface area contributed by atoms with Gasteiger partial charge < -0.3 is 22.3 Å². The van der Waals surface area contributed by atoms with Crippen molar-refractivity contribution < 1.29 is 21.8 Å². The summed E-state index contributed by atoms with van der Waals surface area (Å²) in [5, 5.41) is 7.04. The molecule has 0 spiro atoms. The van der Waals surface area contributed by atoms with Gasteiger partial charge in [0.25, 0.3) is 0 Å². The van der Waals surface area contributed by atoms with Crippen LogP contribution in [-0.2, 0) is 11.0 Å². The molecule has 5 heteroatoms. The van der Waals surface area contributed by atoms with E-state index in [0.29, 0.717) is 12.3 Å². The molecular formula is C28H26BrClNOP. The minimum atomic E-state index is -2.04. The Labute approximate surface area is 212 Å². The van der Waals surface area contributed by atoms with Crippen molar-refractivity contribution in [1.29, 1.82) is 0 Å². The quantitative estimate of drug-likeness (QED) is 0.271. The highest BCUT2D eigenvalue weighted by atomic mass is 79.9. The molecule has 0 fully saturated rings. The lowest BCUT2D eigenvalue weighted by molar-refractivity contribution is -0.115. The second kappa shape index (κ2) is 12.1. The first-order valence-corrected chi connectivity index (χ1v) is 13.2. The Morgan fingerprint density at radius 3 is 1.55 bits per heavy atom. The van der Waals surface area contributed by atoms with E-state index in [1.54, 1.807) is 0 Å². The van der Waals surface area contributed by atoms with Crippen LogP contribution in [0.1, 0.15) is 12.0 Å². The summed E-state index contributed by atoms with van der Waals surface area (Å²) in [5.41, 5.74) is 1.98. The van der Waals surface area contributed by atoms with Crippen LogP contribution in [0.25, 0.3) is 0 Å². The van der Waals surface area contributed by atoms with E-state index in [0.717, 1.165) is 17.4 Å². The lowest BCUT2D eigenvalue weighted by atomic mass is 10.2. The number of benzene rings is 4. The molecule has 1 amide bonds. The Morgan fingerprint density at radius 2 is 1.09 bits per heavy atom. The van der Waals surface area contributed by atoms with Gasteiger partial charge in [0, 0.05) is 23.6 Å². The molecule has 0 radical (unpaired) electrons. The number of hydrogen-bond donors (Lipinski definition) is 1. The highest BCUT2D eigenvalue weighted by Gasteiger charge is 2.45. The Balaban J connectivity index is 0.00000306. The summed E-state index contributed by atoms with van der Waals surface area (Å²) in [6, 6.07) is 40.4. The van der Waals surface area contributed by atoms with E-state index < -0.39 is 7.26 Å². The summed E-state index contributed by atoms with van der Waals surface area (Å²) in [4.78, 5) is 12.4. The van der Waals surface area contributed by atoms with Crippen molar-refractivity contribution in [2.75, 3.05) is 11.2 Å². The summed E-state index contributed by atoms with van der Waals surface area (Å²) in [6.07, 6.45) is 1.11. The van der Waals surface area contributed by atoms with Gasteiger partial charge in [-0.2, -0.15) is 0 Å². The summed E-state index contributed by atoms with van der Waals surface area (Å²) < 4.78 is 0. The van der Waals surface area contributed by atoms with E-state index in [4.69, 9.17) is 11.6 Å². The van der Waals surface area contributed by atoms with Crippen molar-refractivity contribution in [2.24, 2.45) is 0 Å². The lowest BCUT2D eigenvalue weighted by Crippen LogP contribution is -3.00. The van der Waals surface area contributed by atoms with Gasteiger partial charge in [-0.05, 0) is 42.5 Å². The molecule has 0 saturated carbocycles. The molecule has 0 unspecified atom stereocenters. The maximum absolute atomic E-state index is 12.4. The second-order valence-corrected chi connectivity index (χ2v) is 11.5. The molecule has 0 saturated heterocycles. The number of hydrogen-bond acceptors (Lipinski definition) is 1. The number of halogens is 2. The van der Waals surface area contributed by atoms with Gasteiger partial charge in [0.1, 0.15) is 29.3 Å². The van der Waals surface area contributed by atoms with Gasteiger partial charge in [0.05, 0.1) is 0 Å². The second-order valence-electron chi connectivity index (χ2n) is 7.62. The molecular weight excluding hydrogens is 513 g/mol. The fourth-order valence-electron chi connectivity index (χ4n) is 4.10. The fourth-order valence-corrected chi connectivity index (χ4v) is 8.55. The normalized spacial score (nSPS) is 10.8. The van der Waals surface area contributed by atoms with Gasteiger partial charge in [-0.1, -0.05) is 72.8 Å². The van der Waals surface area contributed by atoms with Gasteiger partial charge in [-0.15, -0.1) is 11.6 Å². The minimum absolute atomic E-state index is 0. The number of anilines is 1. The molecule has 0 aliphatic carbocycles. The summed E-state index contributed by atoms with van der Waals surface area (Å²) in [6.45, 7) is 0. The van der Waals surface area contributed by atoms with E-state index >= 15 is 0 Å². The van der Waals surface area contributed by atoms with Crippen LogP contribution < -0.4 is 38.2 Å². The third kappa shape index (κ3) is 5.73. The van der Waals surface area contributed by atoms with Crippen LogP contribution in [0.4, 0.5) is 5.69 Å². The molecule has 2 nitrogen and oxygen atoms in total. The summed E-state index contributed by atoms with van der Waals surface area (Å²) in [7, 11) is -2.04. The van der Waals surface area contributed by atoms with Crippen LogP contribution >= 0.6 is 18.9 Å². The van der Waals surface area contributed by atoms with Gasteiger partial charge in [0.15, 0.2) is 0 Å². The number of carbonyl (C=O) groups excluding carboxylic acids is 1. The molecule has 0 bridgehead atoms. The Kier molecular flexibility index (Phi) is 9.26. The standard InChI is InChI=1S/C28H25ClNOP.BrH/c29-21-20-28(31)30-27-19-11-10-12-23(27)22-32(24-13-4-1-5-14-24,25-15-6-2-7-16-25)26-17-8-3-9-18-26;/h1-19H,20-22H2;1H. The van der Waals surface area contributed by atoms with Gasteiger partial charge >= 0.3 is 0 Å². The first kappa shape index (κ1) is 25.2. The van der Waals surface area contributed by atoms with Crippen LogP contribution in [0.3, 0.4) is 0 Å². The third-order valence-corrected chi connectivity index (χ3v) is 10.2. The zero-order valence-electron chi connectivity index (χ0n) is 18.2. The average molecular weight is 539 g/mol. The zero-order valence-corrected chi connectivity index (χ0v) is 21.4. The van der Waals surface area contributed by atoms with Crippen LogP contribution in [0.5, 0.6) is 0 Å². The molecule has 4 rings (SSSR count). The van der Waals surface area contributed by atoms with Crippen LogP contribution in [0, 0.1) is 0 Å². The predicted octanol–water partition coefficient (Wildman–Crippen LogP) is 2.75. The van der Waals surface area contributed by atoms with E-state index in [1.807, 2.05) is 18.2 Å². The number of para-hydroxylation sites is 1. The third-order valence-electron chi connectivity index (χ3n) is 5.61. The number of carbonyl (C=O) groups is 1. The molecule has 0 aliphatic heterocycles. The molecule has 0 heterocycles. The molecule has 0 aromatic heterocycles. The van der Waals surface area contributed by atoms with Crippen molar-refractivity contribution in [3.8, 4) is 0 Å². The maximum Gasteiger partial charge on any atom is 0.225 e. The molecule has 1 N–H and O–H groups in total. The van der Waals surface area contributed by atoms with Gasteiger partial charge in [0.2, 0.25) is 5.91 Å². The molecule has 168 valence electrons. The molecule has 0 atom stereocenters. The zero-order chi connectivity index (χ0) is 22.2. The first-order chi connectivity index (χ1) is 15.7. The maximum atomic E-state index is 12.4. The van der Waals surface area contributed by atoms with E-state index in [1.165, 1.54) is 15.9 Å². The van der Waals surface area contributed by atoms with Gasteiger partial charge in [-0.3, -0.25) is 4.79 Å². The molecule has 33 heavy (non-hydrogen) atoms. The molecule has 0 aliphatic rings. The number of alkyl halides is 1. The smallest absolute Gasteiger partial charge is 0.225 e. The van der Waals surface area contributed by atoms with Crippen molar-refractivity contribution in [3.63, 3.8) is 0 Å². The minimum Gasteiger partial charge on any atom is -1.00 e. The van der Waals surface area contributed by atoms with E-state index in [-0.39, 0.29) is 22.9 Å². The van der Waals surface area contributed by atoms with Crippen molar-refractivity contribution in [3.05, 3.63) is 121 Å². The van der Waals surface area contributed by atoms with Crippen molar-refractivity contribution >= 4 is 46.4 Å². The Morgan fingerprint density at radius 1 is 0.667 bits per heavy atom. The monoisotopic (exact) mass is 537 g/mol. The summed E-state index contributed by atoms with van der Waals surface area (Å²) in [5.74, 6) is 0.249. The van der Waals surface area contributed by atoms with E-state index in [9.17, 15) is 4.79 Å². The van der Waals surface area contributed by atoms with Crippen LogP contribution in [0.15, 0.2) is 115 Å².